The number of nitrogens with zero attached hydrogens (tertiary/aromatic N) is 7. The molecule has 12 heteroatoms. The Morgan fingerprint density at radius 1 is 0.900 bits per heavy atom. The smallest absolute Gasteiger partial charge is 0.350 e. The standard InChI is InChI=1S/C38H45N7O4S/c1-4-37(2,3)45-36(46)44(28-40-45)32-13-11-30(12-14-32)41-21-23-42(24-22-41)31-15-17-33(18-16-31)47-26-35(50)34-25-48-38(49-34,27-43-20-8-19-39-43)29-9-6-5-7-10-29/h5-20,28,34-35,50H,4,21-27H2,1-3H3/t34-,35?,38+/m1/s1. The van der Waals surface area contributed by atoms with Gasteiger partial charge in [-0.1, -0.05) is 37.3 Å². The van der Waals surface area contributed by atoms with Gasteiger partial charge in [0.05, 0.1) is 35.7 Å². The zero-order valence-corrected chi connectivity index (χ0v) is 29.7. The number of aromatic nitrogens is 5. The van der Waals surface area contributed by atoms with Crippen LogP contribution in [0, 0.1) is 0 Å². The molecule has 4 heterocycles. The maximum atomic E-state index is 13.0. The van der Waals surface area contributed by atoms with Crippen molar-refractivity contribution in [3.63, 3.8) is 0 Å². The van der Waals surface area contributed by atoms with Gasteiger partial charge in [-0.15, -0.1) is 0 Å². The molecule has 1 unspecified atom stereocenters. The van der Waals surface area contributed by atoms with Crippen molar-refractivity contribution in [2.75, 3.05) is 49.2 Å². The van der Waals surface area contributed by atoms with Gasteiger partial charge < -0.3 is 24.0 Å². The highest BCUT2D eigenvalue weighted by molar-refractivity contribution is 7.81. The van der Waals surface area contributed by atoms with Crippen molar-refractivity contribution in [2.45, 2.75) is 56.4 Å². The van der Waals surface area contributed by atoms with E-state index in [2.05, 4.69) is 51.2 Å². The van der Waals surface area contributed by atoms with Crippen LogP contribution >= 0.6 is 12.6 Å². The molecule has 2 saturated heterocycles. The number of benzene rings is 3. The molecule has 0 aliphatic carbocycles. The Labute approximate surface area is 298 Å². The fourth-order valence-electron chi connectivity index (χ4n) is 6.48. The number of piperazine rings is 1. The van der Waals surface area contributed by atoms with E-state index in [0.717, 1.165) is 55.3 Å². The van der Waals surface area contributed by atoms with Gasteiger partial charge in [0.15, 0.2) is 0 Å². The second-order valence-corrected chi connectivity index (χ2v) is 14.2. The summed E-state index contributed by atoms with van der Waals surface area (Å²) in [7, 11) is 0. The number of anilines is 2. The van der Waals surface area contributed by atoms with Gasteiger partial charge >= 0.3 is 5.69 Å². The van der Waals surface area contributed by atoms with Crippen LogP contribution in [-0.2, 0) is 27.3 Å². The third-order valence-corrected chi connectivity index (χ3v) is 10.4. The van der Waals surface area contributed by atoms with Crippen LogP contribution in [0.3, 0.4) is 0 Å². The molecule has 0 N–H and O–H groups in total. The van der Waals surface area contributed by atoms with Crippen molar-refractivity contribution in [3.05, 3.63) is 120 Å². The molecule has 0 bridgehead atoms. The predicted molar refractivity (Wildman–Crippen MR) is 198 cm³/mol. The lowest BCUT2D eigenvalue weighted by atomic mass is 10.0. The van der Waals surface area contributed by atoms with Gasteiger partial charge in [-0.05, 0) is 74.9 Å². The molecule has 5 aromatic rings. The van der Waals surface area contributed by atoms with E-state index in [1.807, 2.05) is 85.4 Å². The van der Waals surface area contributed by atoms with Gasteiger partial charge in [-0.25, -0.2) is 14.0 Å². The lowest BCUT2D eigenvalue weighted by Gasteiger charge is -2.37. The van der Waals surface area contributed by atoms with Gasteiger partial charge in [-0.3, -0.25) is 4.68 Å². The summed E-state index contributed by atoms with van der Waals surface area (Å²) in [5, 5.41) is 8.56. The molecule has 11 nitrogen and oxygen atoms in total. The Bertz CT molecular complexity index is 1890. The van der Waals surface area contributed by atoms with Gasteiger partial charge in [0.25, 0.3) is 0 Å². The topological polar surface area (TPSA) is 91.8 Å². The monoisotopic (exact) mass is 695 g/mol. The van der Waals surface area contributed by atoms with Gasteiger partial charge in [-0.2, -0.15) is 22.8 Å². The van der Waals surface area contributed by atoms with E-state index in [1.54, 1.807) is 21.8 Å². The summed E-state index contributed by atoms with van der Waals surface area (Å²) in [5.74, 6) is -0.148. The third-order valence-electron chi connectivity index (χ3n) is 9.90. The van der Waals surface area contributed by atoms with Crippen LogP contribution in [0.1, 0.15) is 32.8 Å². The summed E-state index contributed by atoms with van der Waals surface area (Å²) in [5.41, 5.74) is 3.63. The minimum Gasteiger partial charge on any atom is -0.492 e. The number of thiol groups is 1. The molecule has 50 heavy (non-hydrogen) atoms. The Balaban J connectivity index is 0.905. The van der Waals surface area contributed by atoms with Crippen LogP contribution in [-0.4, -0.2) is 74.9 Å². The van der Waals surface area contributed by atoms with Crippen molar-refractivity contribution < 1.29 is 14.2 Å². The maximum Gasteiger partial charge on any atom is 0.350 e. The summed E-state index contributed by atoms with van der Waals surface area (Å²) in [4.78, 5) is 17.8. The quantitative estimate of drug-likeness (QED) is 0.175. The highest BCUT2D eigenvalue weighted by atomic mass is 32.1. The molecular weight excluding hydrogens is 651 g/mol. The fourth-order valence-corrected chi connectivity index (χ4v) is 6.70. The minimum absolute atomic E-state index is 0.121. The van der Waals surface area contributed by atoms with E-state index in [9.17, 15) is 4.79 Å². The van der Waals surface area contributed by atoms with Gasteiger partial charge in [0.1, 0.15) is 18.7 Å². The average molecular weight is 696 g/mol. The zero-order valence-electron chi connectivity index (χ0n) is 28.8. The Morgan fingerprint density at radius 3 is 2.16 bits per heavy atom. The fraction of sp³-hybridized carbons (Fsp3) is 0.395. The lowest BCUT2D eigenvalue weighted by Crippen LogP contribution is -2.46. The molecule has 2 fully saturated rings. The SMILES string of the molecule is CCC(C)(C)n1ncn(-c2ccc(N3CCN(c4ccc(OCC(S)[C@H]5CO[C@](Cn6cccn6)(c6ccccc6)O5)cc4)CC3)cc2)c1=O. The minimum atomic E-state index is -0.939. The van der Waals surface area contributed by atoms with E-state index in [0.29, 0.717) is 19.8 Å². The molecule has 2 aliphatic rings. The molecule has 0 amide bonds. The molecule has 0 spiro atoms. The molecule has 262 valence electrons. The summed E-state index contributed by atoms with van der Waals surface area (Å²) >= 11 is 4.86. The third kappa shape index (κ3) is 7.05. The second kappa shape index (κ2) is 14.4. The summed E-state index contributed by atoms with van der Waals surface area (Å²) in [6, 6.07) is 28.3. The molecule has 3 atom stereocenters. The molecule has 2 aliphatic heterocycles. The van der Waals surface area contributed by atoms with Crippen LogP contribution in [0.25, 0.3) is 5.69 Å². The molecule has 0 saturated carbocycles. The first-order valence-electron chi connectivity index (χ1n) is 17.3. The van der Waals surface area contributed by atoms with Crippen LogP contribution in [0.4, 0.5) is 11.4 Å². The van der Waals surface area contributed by atoms with Crippen molar-refractivity contribution in [1.82, 2.24) is 24.1 Å². The first-order chi connectivity index (χ1) is 24.2. The Hall–Kier alpha value is -4.52. The van der Waals surface area contributed by atoms with Crippen molar-refractivity contribution in [1.29, 1.82) is 0 Å². The number of ether oxygens (including phenoxy) is 3. The van der Waals surface area contributed by atoms with Crippen molar-refractivity contribution >= 4 is 24.0 Å². The van der Waals surface area contributed by atoms with E-state index in [-0.39, 0.29) is 22.6 Å². The molecule has 2 aromatic heterocycles. The highest BCUT2D eigenvalue weighted by Gasteiger charge is 2.46. The summed E-state index contributed by atoms with van der Waals surface area (Å²) in [6.45, 7) is 11.0. The Kier molecular flexibility index (Phi) is 9.76. The molecular formula is C38H45N7O4S. The number of hydrogen-bond acceptors (Lipinski definition) is 9. The van der Waals surface area contributed by atoms with E-state index >= 15 is 0 Å². The van der Waals surface area contributed by atoms with Crippen molar-refractivity contribution in [2.24, 2.45) is 0 Å². The largest absolute Gasteiger partial charge is 0.492 e. The van der Waals surface area contributed by atoms with E-state index < -0.39 is 5.79 Å². The van der Waals surface area contributed by atoms with E-state index in [1.165, 1.54) is 5.69 Å². The molecule has 7 rings (SSSR count). The molecule has 3 aromatic carbocycles. The maximum absolute atomic E-state index is 13.0. The highest BCUT2D eigenvalue weighted by Crippen LogP contribution is 2.38. The number of rotatable bonds is 12. The van der Waals surface area contributed by atoms with Crippen LogP contribution in [0.2, 0.25) is 0 Å². The van der Waals surface area contributed by atoms with Crippen LogP contribution in [0.5, 0.6) is 5.75 Å². The Morgan fingerprint density at radius 2 is 1.54 bits per heavy atom. The van der Waals surface area contributed by atoms with Gasteiger partial charge in [0, 0.05) is 55.5 Å². The second-order valence-electron chi connectivity index (χ2n) is 13.5. The zero-order chi connectivity index (χ0) is 34.7. The average Bonchev–Trinajstić information content (AvgIpc) is 3.93. The summed E-state index contributed by atoms with van der Waals surface area (Å²) in [6.07, 6.45) is 5.84. The lowest BCUT2D eigenvalue weighted by molar-refractivity contribution is -0.188. The normalized spacial score (nSPS) is 20.3. The summed E-state index contributed by atoms with van der Waals surface area (Å²) < 4.78 is 24.1. The number of hydrogen-bond donors (Lipinski definition) is 1. The first kappa shape index (κ1) is 34.0. The van der Waals surface area contributed by atoms with E-state index in [4.69, 9.17) is 26.8 Å². The first-order valence-corrected chi connectivity index (χ1v) is 17.8. The van der Waals surface area contributed by atoms with Crippen molar-refractivity contribution in [3.8, 4) is 11.4 Å². The van der Waals surface area contributed by atoms with Crippen LogP contribution < -0.4 is 20.2 Å². The van der Waals surface area contributed by atoms with Crippen LogP contribution in [0.15, 0.2) is 108 Å². The van der Waals surface area contributed by atoms with Gasteiger partial charge in [0.2, 0.25) is 5.79 Å². The predicted octanol–water partition coefficient (Wildman–Crippen LogP) is 5.35. The molecule has 0 radical (unpaired) electrons.